The molecule has 0 fully saturated rings. The molecule has 0 aliphatic carbocycles. The van der Waals surface area contributed by atoms with Crippen LogP contribution in [0.1, 0.15) is 40.3 Å². The molecule has 0 aliphatic heterocycles. The second kappa shape index (κ2) is 13.4. The van der Waals surface area contributed by atoms with E-state index in [1.54, 1.807) is 23.0 Å². The molecule has 0 aliphatic rings. The minimum absolute atomic E-state index is 0.136. The fourth-order valence-corrected chi connectivity index (χ4v) is 5.18. The third kappa shape index (κ3) is 7.64. The van der Waals surface area contributed by atoms with E-state index < -0.39 is 0 Å². The molecule has 1 amide bonds. The first kappa shape index (κ1) is 25.4. The van der Waals surface area contributed by atoms with Crippen LogP contribution in [0.2, 0.25) is 0 Å². The fraction of sp³-hybridized carbons (Fsp3) is 0.417. The summed E-state index contributed by atoms with van der Waals surface area (Å²) >= 11 is 3.08. The molecular formula is C24H32N8OS2. The fourth-order valence-electron chi connectivity index (χ4n) is 3.57. The Morgan fingerprint density at radius 1 is 1.00 bits per heavy atom. The van der Waals surface area contributed by atoms with Crippen LogP contribution in [0.4, 0.5) is 0 Å². The van der Waals surface area contributed by atoms with Crippen LogP contribution in [-0.2, 0) is 13.0 Å². The number of benzene rings is 1. The summed E-state index contributed by atoms with van der Waals surface area (Å²) in [4.78, 5) is 29.0. The molecule has 3 heterocycles. The van der Waals surface area contributed by atoms with Gasteiger partial charge in [-0.25, -0.2) is 15.0 Å². The Labute approximate surface area is 213 Å². The van der Waals surface area contributed by atoms with Gasteiger partial charge in [0.25, 0.3) is 5.91 Å². The topological polar surface area (TPSA) is 134 Å². The standard InChI is InChI=1S/C24H32N8OS2/c25-7-1-2-8-26-9-3-10-28-23(33)20-14-35-24(32-20)21-15-34-22(31-21)6-11-27-13-17-4-5-18-19(12-17)30-16-29-18/h4-5,12,14-16,26-27H,1-3,6-11,13,25H2,(H,28,33)(H,29,30). The molecule has 0 atom stereocenters. The highest BCUT2D eigenvalue weighted by Gasteiger charge is 2.13. The van der Waals surface area contributed by atoms with Gasteiger partial charge in [0.2, 0.25) is 0 Å². The maximum atomic E-state index is 12.4. The van der Waals surface area contributed by atoms with Crippen molar-refractivity contribution in [2.75, 3.05) is 32.7 Å². The van der Waals surface area contributed by atoms with Crippen LogP contribution in [0.3, 0.4) is 0 Å². The Balaban J connectivity index is 1.16. The van der Waals surface area contributed by atoms with Gasteiger partial charge in [0.05, 0.1) is 22.4 Å². The zero-order valence-corrected chi connectivity index (χ0v) is 21.3. The number of imidazole rings is 1. The molecule has 3 aromatic heterocycles. The quantitative estimate of drug-likeness (QED) is 0.155. The maximum absolute atomic E-state index is 12.4. The number of amides is 1. The third-order valence-corrected chi connectivity index (χ3v) is 7.23. The first-order chi connectivity index (χ1) is 17.2. The molecule has 1 aromatic carbocycles. The molecule has 11 heteroatoms. The first-order valence-corrected chi connectivity index (χ1v) is 13.7. The monoisotopic (exact) mass is 512 g/mol. The summed E-state index contributed by atoms with van der Waals surface area (Å²) in [5.74, 6) is -0.136. The molecule has 6 N–H and O–H groups in total. The smallest absolute Gasteiger partial charge is 0.270 e. The number of aromatic amines is 1. The highest BCUT2D eigenvalue weighted by atomic mass is 32.1. The Kier molecular flexibility index (Phi) is 9.73. The largest absolute Gasteiger partial charge is 0.351 e. The molecule has 186 valence electrons. The summed E-state index contributed by atoms with van der Waals surface area (Å²) in [7, 11) is 0. The average Bonchev–Trinajstić information content (AvgIpc) is 3.63. The van der Waals surface area contributed by atoms with Crippen LogP contribution < -0.4 is 21.7 Å². The van der Waals surface area contributed by atoms with Crippen LogP contribution in [0.25, 0.3) is 21.7 Å². The first-order valence-electron chi connectivity index (χ1n) is 11.9. The van der Waals surface area contributed by atoms with E-state index in [0.29, 0.717) is 12.2 Å². The Morgan fingerprint density at radius 3 is 2.83 bits per heavy atom. The summed E-state index contributed by atoms with van der Waals surface area (Å²) in [6.07, 6.45) is 5.56. The van der Waals surface area contributed by atoms with Gasteiger partial charge in [-0.3, -0.25) is 4.79 Å². The zero-order chi connectivity index (χ0) is 24.3. The van der Waals surface area contributed by atoms with Crippen LogP contribution in [0.15, 0.2) is 35.3 Å². The van der Waals surface area contributed by atoms with Crippen molar-refractivity contribution in [1.82, 2.24) is 35.9 Å². The summed E-state index contributed by atoms with van der Waals surface area (Å²) in [5.41, 5.74) is 10.0. The molecule has 4 rings (SSSR count). The van der Waals surface area contributed by atoms with Crippen LogP contribution in [-0.4, -0.2) is 58.6 Å². The van der Waals surface area contributed by atoms with Crippen molar-refractivity contribution in [1.29, 1.82) is 0 Å². The molecule has 0 radical (unpaired) electrons. The minimum Gasteiger partial charge on any atom is -0.351 e. The predicted octanol–water partition coefficient (Wildman–Crippen LogP) is 2.92. The number of hydrogen-bond donors (Lipinski definition) is 5. The Morgan fingerprint density at radius 2 is 1.91 bits per heavy atom. The van der Waals surface area contributed by atoms with Crippen molar-refractivity contribution in [3.05, 3.63) is 51.6 Å². The number of nitrogens with zero attached hydrogens (tertiary/aromatic N) is 3. The van der Waals surface area contributed by atoms with Gasteiger partial charge in [0, 0.05) is 36.8 Å². The minimum atomic E-state index is -0.136. The number of aromatic nitrogens is 4. The number of hydrogen-bond acceptors (Lipinski definition) is 9. The number of H-pyrrole nitrogens is 1. The molecule has 0 saturated heterocycles. The molecular weight excluding hydrogens is 480 g/mol. The number of thiazole rings is 2. The van der Waals surface area contributed by atoms with E-state index in [9.17, 15) is 4.79 Å². The second-order valence-corrected chi connectivity index (χ2v) is 10.0. The predicted molar refractivity (Wildman–Crippen MR) is 143 cm³/mol. The van der Waals surface area contributed by atoms with Crippen molar-refractivity contribution < 1.29 is 4.79 Å². The lowest BCUT2D eigenvalue weighted by Crippen LogP contribution is -2.28. The summed E-state index contributed by atoms with van der Waals surface area (Å²) < 4.78 is 0. The second-order valence-electron chi connectivity index (χ2n) is 8.20. The van der Waals surface area contributed by atoms with Gasteiger partial charge < -0.3 is 26.7 Å². The van der Waals surface area contributed by atoms with Crippen molar-refractivity contribution in [3.63, 3.8) is 0 Å². The molecule has 35 heavy (non-hydrogen) atoms. The number of fused-ring (bicyclic) bond motifs is 1. The van der Waals surface area contributed by atoms with E-state index in [1.165, 1.54) is 16.9 Å². The third-order valence-electron chi connectivity index (χ3n) is 5.46. The van der Waals surface area contributed by atoms with Crippen LogP contribution in [0, 0.1) is 0 Å². The number of nitrogens with one attached hydrogen (secondary N) is 4. The van der Waals surface area contributed by atoms with Crippen molar-refractivity contribution >= 4 is 39.6 Å². The lowest BCUT2D eigenvalue weighted by molar-refractivity contribution is 0.0949. The van der Waals surface area contributed by atoms with Crippen molar-refractivity contribution in [3.8, 4) is 10.7 Å². The molecule has 0 bridgehead atoms. The van der Waals surface area contributed by atoms with Gasteiger partial charge in [0.1, 0.15) is 16.4 Å². The average molecular weight is 513 g/mol. The highest BCUT2D eigenvalue weighted by Crippen LogP contribution is 2.25. The molecule has 4 aromatic rings. The number of nitrogens with two attached hydrogens (primary N) is 1. The van der Waals surface area contributed by atoms with Gasteiger partial charge in [-0.1, -0.05) is 6.07 Å². The summed E-state index contributed by atoms with van der Waals surface area (Å²) in [6.45, 7) is 4.83. The van der Waals surface area contributed by atoms with Crippen molar-refractivity contribution in [2.24, 2.45) is 5.73 Å². The molecule has 0 spiro atoms. The molecule has 9 nitrogen and oxygen atoms in total. The highest BCUT2D eigenvalue weighted by molar-refractivity contribution is 7.14. The van der Waals surface area contributed by atoms with E-state index >= 15 is 0 Å². The zero-order valence-electron chi connectivity index (χ0n) is 19.7. The van der Waals surface area contributed by atoms with Gasteiger partial charge in [-0.2, -0.15) is 0 Å². The van der Waals surface area contributed by atoms with Gasteiger partial charge >= 0.3 is 0 Å². The number of carbonyl (C=O) groups excluding carboxylic acids is 1. The van der Waals surface area contributed by atoms with Gasteiger partial charge in [-0.15, -0.1) is 22.7 Å². The molecule has 0 saturated carbocycles. The Bertz CT molecular complexity index is 1200. The van der Waals surface area contributed by atoms with E-state index in [2.05, 4.69) is 43.0 Å². The molecule has 0 unspecified atom stereocenters. The van der Waals surface area contributed by atoms with Gasteiger partial charge in [-0.05, 0) is 56.6 Å². The Hall–Kier alpha value is -2.70. The van der Waals surface area contributed by atoms with Crippen LogP contribution in [0.5, 0.6) is 0 Å². The van der Waals surface area contributed by atoms with Gasteiger partial charge in [0.15, 0.2) is 0 Å². The number of unbranched alkanes of at least 4 members (excludes halogenated alkanes) is 1. The lowest BCUT2D eigenvalue weighted by Gasteiger charge is -2.05. The van der Waals surface area contributed by atoms with E-state index in [1.807, 2.05) is 11.4 Å². The summed E-state index contributed by atoms with van der Waals surface area (Å²) in [5, 5.41) is 15.4. The summed E-state index contributed by atoms with van der Waals surface area (Å²) in [6, 6.07) is 6.24. The van der Waals surface area contributed by atoms with E-state index in [-0.39, 0.29) is 5.91 Å². The lowest BCUT2D eigenvalue weighted by atomic mass is 10.2. The van der Waals surface area contributed by atoms with Crippen molar-refractivity contribution in [2.45, 2.75) is 32.2 Å². The normalized spacial score (nSPS) is 11.3. The van der Waals surface area contributed by atoms with Crippen LogP contribution >= 0.6 is 22.7 Å². The number of carbonyl (C=O) groups is 1. The number of rotatable bonds is 15. The van der Waals surface area contributed by atoms with E-state index in [4.69, 9.17) is 10.7 Å². The maximum Gasteiger partial charge on any atom is 0.270 e. The van der Waals surface area contributed by atoms with E-state index in [0.717, 1.165) is 85.1 Å². The SMILES string of the molecule is NCCCCNCCCNC(=O)c1csc(-c2csc(CCNCc3ccc4nc[nH]c4c3)n2)n1.